The Morgan fingerprint density at radius 1 is 1.03 bits per heavy atom. The lowest BCUT2D eigenvalue weighted by molar-refractivity contribution is 0.627. The normalized spacial score (nSPS) is 18.7. The number of rotatable bonds is 4. The molecule has 3 aromatic rings. The van der Waals surface area contributed by atoms with Crippen LogP contribution in [0.1, 0.15) is 19.4 Å². The number of benzene rings is 2. The highest BCUT2D eigenvalue weighted by atomic mass is 19.1. The second-order valence-corrected chi connectivity index (χ2v) is 8.21. The molecule has 0 amide bonds. The molecule has 1 atom stereocenters. The molecule has 32 heavy (non-hydrogen) atoms. The molecule has 160 valence electrons. The molecule has 2 aromatic carbocycles. The maximum atomic E-state index is 13.7. The van der Waals surface area contributed by atoms with Crippen LogP contribution in [0, 0.1) is 11.7 Å². The minimum absolute atomic E-state index is 0.121. The van der Waals surface area contributed by atoms with Crippen LogP contribution in [0.15, 0.2) is 95.5 Å². The molecule has 2 aliphatic rings. The molecule has 5 nitrogen and oxygen atoms in total. The second-order valence-electron chi connectivity index (χ2n) is 8.21. The number of para-hydroxylation sites is 1. The summed E-state index contributed by atoms with van der Waals surface area (Å²) >= 11 is 0. The van der Waals surface area contributed by atoms with Crippen molar-refractivity contribution < 1.29 is 4.39 Å². The van der Waals surface area contributed by atoms with E-state index in [1.54, 1.807) is 18.5 Å². The third kappa shape index (κ3) is 3.91. The van der Waals surface area contributed by atoms with E-state index in [1.807, 2.05) is 18.2 Å². The van der Waals surface area contributed by atoms with Gasteiger partial charge in [0.25, 0.3) is 0 Å². The highest BCUT2D eigenvalue weighted by Crippen LogP contribution is 2.43. The van der Waals surface area contributed by atoms with Gasteiger partial charge < -0.3 is 10.2 Å². The van der Waals surface area contributed by atoms with E-state index in [2.05, 4.69) is 64.4 Å². The molecule has 1 N–H and O–H groups in total. The lowest BCUT2D eigenvalue weighted by atomic mass is 9.84. The maximum absolute atomic E-state index is 13.7. The van der Waals surface area contributed by atoms with Crippen LogP contribution < -0.4 is 10.2 Å². The van der Waals surface area contributed by atoms with Crippen LogP contribution in [0.5, 0.6) is 0 Å². The van der Waals surface area contributed by atoms with Gasteiger partial charge in [0, 0.05) is 41.4 Å². The standard InChI is InChI=1S/C26H24FN5/c1-17(2)30-23-16-25-19(15-22(23)31-26-28-12-5-13-29-26)14-18-6-3-4-7-24(18)32(25)21-10-8-20(27)9-11-21/h3-13,15-17,19H,14H2,1-2H3,(H,28,29,31). The number of aliphatic imine (C=N–C) groups is 1. The summed E-state index contributed by atoms with van der Waals surface area (Å²) in [6.07, 6.45) is 8.64. The van der Waals surface area contributed by atoms with Crippen LogP contribution in [0.2, 0.25) is 0 Å². The van der Waals surface area contributed by atoms with Crippen molar-refractivity contribution in [3.8, 4) is 0 Å². The molecule has 2 heterocycles. The molecule has 0 fully saturated rings. The van der Waals surface area contributed by atoms with Crippen LogP contribution >= 0.6 is 0 Å². The second kappa shape index (κ2) is 8.38. The largest absolute Gasteiger partial charge is 0.323 e. The molecule has 1 aliphatic carbocycles. The predicted molar refractivity (Wildman–Crippen MR) is 127 cm³/mol. The Morgan fingerprint density at radius 3 is 2.53 bits per heavy atom. The van der Waals surface area contributed by atoms with Gasteiger partial charge in [0.2, 0.25) is 5.95 Å². The lowest BCUT2D eigenvalue weighted by Gasteiger charge is -2.40. The van der Waals surface area contributed by atoms with Crippen molar-refractivity contribution in [3.05, 3.63) is 102 Å². The smallest absolute Gasteiger partial charge is 0.227 e. The molecule has 5 rings (SSSR count). The van der Waals surface area contributed by atoms with Gasteiger partial charge in [-0.05, 0) is 74.4 Å². The van der Waals surface area contributed by atoms with E-state index in [1.165, 1.54) is 17.7 Å². The van der Waals surface area contributed by atoms with Crippen molar-refractivity contribution in [2.75, 3.05) is 10.2 Å². The van der Waals surface area contributed by atoms with E-state index in [9.17, 15) is 4.39 Å². The summed E-state index contributed by atoms with van der Waals surface area (Å²) in [7, 11) is 0. The Balaban J connectivity index is 1.63. The summed E-state index contributed by atoms with van der Waals surface area (Å²) in [4.78, 5) is 15.7. The van der Waals surface area contributed by atoms with E-state index in [-0.39, 0.29) is 17.8 Å². The van der Waals surface area contributed by atoms with Crippen molar-refractivity contribution in [2.45, 2.75) is 26.3 Å². The van der Waals surface area contributed by atoms with E-state index in [0.29, 0.717) is 5.95 Å². The molecular formula is C26H24FN5. The summed E-state index contributed by atoms with van der Waals surface area (Å²) < 4.78 is 13.7. The van der Waals surface area contributed by atoms with Crippen molar-refractivity contribution in [1.82, 2.24) is 9.97 Å². The summed E-state index contributed by atoms with van der Waals surface area (Å²) in [6.45, 7) is 4.12. The number of nitrogens with one attached hydrogen (secondary N) is 1. The number of anilines is 3. The molecule has 0 spiro atoms. The van der Waals surface area contributed by atoms with Gasteiger partial charge >= 0.3 is 0 Å². The van der Waals surface area contributed by atoms with Gasteiger partial charge in [0.05, 0.1) is 11.4 Å². The fraction of sp³-hybridized carbons (Fsp3) is 0.192. The molecule has 0 radical (unpaired) electrons. The summed E-state index contributed by atoms with van der Waals surface area (Å²) in [5, 5.41) is 3.35. The average Bonchev–Trinajstić information content (AvgIpc) is 2.79. The van der Waals surface area contributed by atoms with Crippen LogP contribution in [0.25, 0.3) is 0 Å². The molecule has 1 unspecified atom stereocenters. The van der Waals surface area contributed by atoms with Gasteiger partial charge in [-0.15, -0.1) is 0 Å². The molecule has 0 bridgehead atoms. The minimum Gasteiger partial charge on any atom is -0.323 e. The molecule has 0 saturated heterocycles. The number of hydrogen-bond donors (Lipinski definition) is 1. The molecule has 6 heteroatoms. The Bertz CT molecular complexity index is 1210. The van der Waals surface area contributed by atoms with E-state index in [4.69, 9.17) is 4.99 Å². The first-order chi connectivity index (χ1) is 15.6. The highest BCUT2D eigenvalue weighted by Gasteiger charge is 2.33. The van der Waals surface area contributed by atoms with Crippen LogP contribution in [0.4, 0.5) is 21.7 Å². The fourth-order valence-corrected chi connectivity index (χ4v) is 4.22. The molecule has 1 aromatic heterocycles. The Morgan fingerprint density at radius 2 is 1.78 bits per heavy atom. The van der Waals surface area contributed by atoms with Gasteiger partial charge in [-0.3, -0.25) is 4.99 Å². The predicted octanol–water partition coefficient (Wildman–Crippen LogP) is 5.67. The third-order valence-electron chi connectivity index (χ3n) is 5.53. The number of halogens is 1. The quantitative estimate of drug-likeness (QED) is 0.585. The van der Waals surface area contributed by atoms with Gasteiger partial charge in [-0.2, -0.15) is 0 Å². The minimum atomic E-state index is -0.246. The van der Waals surface area contributed by atoms with Crippen LogP contribution in [-0.2, 0) is 6.42 Å². The van der Waals surface area contributed by atoms with Gasteiger partial charge in [0.1, 0.15) is 5.82 Å². The summed E-state index contributed by atoms with van der Waals surface area (Å²) in [5.74, 6) is 0.426. The number of aromatic nitrogens is 2. The highest BCUT2D eigenvalue weighted by molar-refractivity contribution is 6.12. The SMILES string of the molecule is CC(C)N=C1C=C2C(C=C1Nc1ncccn1)Cc1ccccc1N2c1ccc(F)cc1. The van der Waals surface area contributed by atoms with Crippen LogP contribution in [-0.4, -0.2) is 21.7 Å². The number of nitrogens with zero attached hydrogens (tertiary/aromatic N) is 4. The first-order valence-corrected chi connectivity index (χ1v) is 10.8. The maximum Gasteiger partial charge on any atom is 0.227 e. The van der Waals surface area contributed by atoms with E-state index in [0.717, 1.165) is 34.9 Å². The zero-order chi connectivity index (χ0) is 22.1. The Kier molecular flexibility index (Phi) is 5.27. The molecular weight excluding hydrogens is 401 g/mol. The van der Waals surface area contributed by atoms with Crippen molar-refractivity contribution in [1.29, 1.82) is 0 Å². The van der Waals surface area contributed by atoms with Crippen molar-refractivity contribution in [2.24, 2.45) is 10.9 Å². The lowest BCUT2D eigenvalue weighted by Crippen LogP contribution is -2.33. The van der Waals surface area contributed by atoms with Gasteiger partial charge in [-0.25, -0.2) is 14.4 Å². The van der Waals surface area contributed by atoms with Crippen molar-refractivity contribution >= 4 is 23.0 Å². The Labute approximate surface area is 187 Å². The summed E-state index contributed by atoms with van der Waals surface area (Å²) in [6, 6.07) is 16.9. The topological polar surface area (TPSA) is 53.4 Å². The van der Waals surface area contributed by atoms with E-state index < -0.39 is 0 Å². The van der Waals surface area contributed by atoms with Crippen molar-refractivity contribution in [3.63, 3.8) is 0 Å². The van der Waals surface area contributed by atoms with Gasteiger partial charge in [-0.1, -0.05) is 18.2 Å². The fourth-order valence-electron chi connectivity index (χ4n) is 4.22. The zero-order valence-corrected chi connectivity index (χ0v) is 18.0. The number of allylic oxidation sites excluding steroid dienone is 2. The first-order valence-electron chi connectivity index (χ1n) is 10.8. The van der Waals surface area contributed by atoms with Gasteiger partial charge in [0.15, 0.2) is 0 Å². The monoisotopic (exact) mass is 425 g/mol. The zero-order valence-electron chi connectivity index (χ0n) is 18.0. The van der Waals surface area contributed by atoms with E-state index >= 15 is 0 Å². The molecule has 1 aliphatic heterocycles. The Hall–Kier alpha value is -3.80. The number of hydrogen-bond acceptors (Lipinski definition) is 5. The molecule has 0 saturated carbocycles. The first kappa shape index (κ1) is 20.1. The third-order valence-corrected chi connectivity index (χ3v) is 5.53. The number of fused-ring (bicyclic) bond motifs is 2. The summed E-state index contributed by atoms with van der Waals surface area (Å²) in [5.41, 5.74) is 6.16. The van der Waals surface area contributed by atoms with Crippen LogP contribution in [0.3, 0.4) is 0 Å². The average molecular weight is 426 g/mol.